The minimum absolute atomic E-state index is 0. The van der Waals surface area contributed by atoms with E-state index in [2.05, 4.69) is 15.5 Å². The van der Waals surface area contributed by atoms with E-state index >= 15 is 0 Å². The van der Waals surface area contributed by atoms with Crippen LogP contribution in [-0.2, 0) is 4.79 Å². The number of carbonyl (C=O) groups excluding carboxylic acids is 3. The number of amides is 3. The summed E-state index contributed by atoms with van der Waals surface area (Å²) in [5.41, 5.74) is -0.414. The largest absolute Gasteiger partial charge is 0.496 e. The fourth-order valence-corrected chi connectivity index (χ4v) is 4.17. The second-order valence-corrected chi connectivity index (χ2v) is 7.94. The Bertz CT molecular complexity index is 795. The number of nitrogens with one attached hydrogen (secondary N) is 2. The van der Waals surface area contributed by atoms with E-state index in [-0.39, 0.29) is 29.1 Å². The Morgan fingerprint density at radius 1 is 1.21 bits per heavy atom. The predicted molar refractivity (Wildman–Crippen MR) is 114 cm³/mol. The van der Waals surface area contributed by atoms with Gasteiger partial charge in [-0.05, 0) is 44.4 Å². The molecule has 29 heavy (non-hydrogen) atoms. The predicted octanol–water partition coefficient (Wildman–Crippen LogP) is 3.45. The van der Waals surface area contributed by atoms with E-state index in [1.54, 1.807) is 12.1 Å². The number of piperidine rings is 1. The molecule has 1 aromatic carbocycles. The Kier molecular flexibility index (Phi) is 8.17. The number of unbranched alkanes of at least 4 members (excludes halogenated alkanes) is 1. The zero-order valence-electron chi connectivity index (χ0n) is 16.1. The number of hydrogen-bond donors (Lipinski definition) is 2. The van der Waals surface area contributed by atoms with E-state index in [0.29, 0.717) is 42.0 Å². The first-order valence-electron chi connectivity index (χ1n) is 9.27. The van der Waals surface area contributed by atoms with Crippen LogP contribution < -0.4 is 15.4 Å². The molecule has 0 unspecified atom stereocenters. The van der Waals surface area contributed by atoms with Crippen molar-refractivity contribution in [3.05, 3.63) is 27.7 Å². The Morgan fingerprint density at radius 2 is 1.90 bits per heavy atom. The molecule has 2 heterocycles. The van der Waals surface area contributed by atoms with Crippen molar-refractivity contribution in [3.63, 3.8) is 0 Å². The number of halogens is 3. The summed E-state index contributed by atoms with van der Waals surface area (Å²) in [6.07, 6.45) is 3.10. The van der Waals surface area contributed by atoms with Gasteiger partial charge < -0.3 is 15.0 Å². The van der Waals surface area contributed by atoms with Gasteiger partial charge in [0.1, 0.15) is 11.3 Å². The van der Waals surface area contributed by atoms with Crippen LogP contribution in [0.3, 0.4) is 0 Å². The van der Waals surface area contributed by atoms with Crippen molar-refractivity contribution >= 4 is 53.3 Å². The van der Waals surface area contributed by atoms with Crippen LogP contribution in [-0.4, -0.2) is 54.9 Å². The second-order valence-electron chi connectivity index (χ2n) is 7.15. The summed E-state index contributed by atoms with van der Waals surface area (Å²) in [5, 5.41) is 5.63. The molecule has 0 aliphatic carbocycles. The smallest absolute Gasteiger partial charge is 0.322 e. The SMILES string of the molecule is COc1ccc(Cl)c(Cl)c1C(=O)CCCCN1CCC2(CC1)NC(=O)NC2=O.Cl. The molecule has 0 bridgehead atoms. The van der Waals surface area contributed by atoms with Crippen LogP contribution in [0.5, 0.6) is 5.75 Å². The number of ether oxygens (including phenoxy) is 1. The van der Waals surface area contributed by atoms with Crippen molar-refractivity contribution in [2.75, 3.05) is 26.7 Å². The molecule has 0 aromatic heterocycles. The third-order valence-electron chi connectivity index (χ3n) is 5.41. The summed E-state index contributed by atoms with van der Waals surface area (Å²) in [7, 11) is 1.49. The molecule has 1 aromatic rings. The number of methoxy groups -OCH3 is 1. The van der Waals surface area contributed by atoms with Crippen molar-refractivity contribution in [1.29, 1.82) is 0 Å². The summed E-state index contributed by atoms with van der Waals surface area (Å²) in [6, 6.07) is 2.84. The summed E-state index contributed by atoms with van der Waals surface area (Å²) < 4.78 is 5.23. The van der Waals surface area contributed by atoms with Gasteiger partial charge in [-0.25, -0.2) is 4.79 Å². The van der Waals surface area contributed by atoms with E-state index in [0.717, 1.165) is 26.1 Å². The zero-order valence-corrected chi connectivity index (χ0v) is 18.4. The third kappa shape index (κ3) is 5.15. The second kappa shape index (κ2) is 9.98. The zero-order chi connectivity index (χ0) is 20.3. The Balaban J connectivity index is 0.00000300. The highest BCUT2D eigenvalue weighted by Gasteiger charge is 2.47. The van der Waals surface area contributed by atoms with Gasteiger partial charge in [-0.1, -0.05) is 23.2 Å². The van der Waals surface area contributed by atoms with Gasteiger partial charge in [-0.15, -0.1) is 12.4 Å². The number of ketones is 1. The van der Waals surface area contributed by atoms with Crippen LogP contribution >= 0.6 is 35.6 Å². The number of hydrogen-bond acceptors (Lipinski definition) is 5. The van der Waals surface area contributed by atoms with Crippen molar-refractivity contribution in [2.24, 2.45) is 0 Å². The van der Waals surface area contributed by atoms with Gasteiger partial charge in [0, 0.05) is 19.5 Å². The Labute approximate surface area is 185 Å². The van der Waals surface area contributed by atoms with Gasteiger partial charge in [0.05, 0.1) is 22.7 Å². The summed E-state index contributed by atoms with van der Waals surface area (Å²) >= 11 is 12.2. The van der Waals surface area contributed by atoms with Gasteiger partial charge in [-0.3, -0.25) is 14.9 Å². The minimum atomic E-state index is -0.747. The number of imide groups is 1. The van der Waals surface area contributed by atoms with Gasteiger partial charge in [0.25, 0.3) is 5.91 Å². The lowest BCUT2D eigenvalue weighted by Crippen LogP contribution is -2.54. The number of Topliss-reactive ketones (excluding diaryl/α,β-unsaturated/α-hetero) is 1. The molecule has 2 aliphatic rings. The lowest BCUT2D eigenvalue weighted by atomic mass is 9.87. The van der Waals surface area contributed by atoms with Crippen molar-refractivity contribution < 1.29 is 19.1 Å². The van der Waals surface area contributed by atoms with Crippen molar-refractivity contribution in [3.8, 4) is 5.75 Å². The Morgan fingerprint density at radius 3 is 2.48 bits per heavy atom. The van der Waals surface area contributed by atoms with Gasteiger partial charge in [0.15, 0.2) is 5.78 Å². The molecule has 10 heteroatoms. The first-order chi connectivity index (χ1) is 13.4. The number of likely N-dealkylation sites (tertiary alicyclic amines) is 1. The number of benzene rings is 1. The lowest BCUT2D eigenvalue weighted by molar-refractivity contribution is -0.125. The molecular weight excluding hydrogens is 441 g/mol. The molecule has 2 N–H and O–H groups in total. The minimum Gasteiger partial charge on any atom is -0.496 e. The Hall–Kier alpha value is -1.54. The van der Waals surface area contributed by atoms with E-state index in [4.69, 9.17) is 27.9 Å². The summed E-state index contributed by atoms with van der Waals surface area (Å²) in [5.74, 6) is 0.111. The average Bonchev–Trinajstić information content (AvgIpc) is 2.95. The summed E-state index contributed by atoms with van der Waals surface area (Å²) in [6.45, 7) is 2.30. The molecule has 0 saturated carbocycles. The molecule has 7 nitrogen and oxygen atoms in total. The quantitative estimate of drug-likeness (QED) is 0.367. The van der Waals surface area contributed by atoms with Crippen molar-refractivity contribution in [2.45, 2.75) is 37.6 Å². The highest BCUT2D eigenvalue weighted by molar-refractivity contribution is 6.44. The average molecular weight is 465 g/mol. The molecule has 2 fully saturated rings. The molecule has 1 spiro atoms. The monoisotopic (exact) mass is 463 g/mol. The standard InChI is InChI=1S/C19H23Cl2N3O4.ClH/c1-28-14-6-5-12(20)16(21)15(14)13(25)4-2-3-9-24-10-7-19(8-11-24)17(26)22-18(27)23-19;/h5-6H,2-4,7-11H2,1H3,(H2,22,23,26,27);1H. The highest BCUT2D eigenvalue weighted by atomic mass is 35.5. The van der Waals surface area contributed by atoms with Crippen LogP contribution in [0, 0.1) is 0 Å². The van der Waals surface area contributed by atoms with Crippen LogP contribution in [0.4, 0.5) is 4.79 Å². The summed E-state index contributed by atoms with van der Waals surface area (Å²) in [4.78, 5) is 38.2. The molecule has 160 valence electrons. The maximum atomic E-state index is 12.6. The number of carbonyl (C=O) groups is 3. The van der Waals surface area contributed by atoms with Crippen LogP contribution in [0.1, 0.15) is 42.5 Å². The van der Waals surface area contributed by atoms with Crippen LogP contribution in [0.2, 0.25) is 10.0 Å². The molecule has 0 radical (unpaired) electrons. The first-order valence-corrected chi connectivity index (χ1v) is 10.0. The van der Waals surface area contributed by atoms with Gasteiger partial charge in [0.2, 0.25) is 0 Å². The van der Waals surface area contributed by atoms with E-state index in [9.17, 15) is 14.4 Å². The number of urea groups is 1. The number of nitrogens with zero attached hydrogens (tertiary/aromatic N) is 1. The number of rotatable bonds is 7. The fraction of sp³-hybridized carbons (Fsp3) is 0.526. The fourth-order valence-electron chi connectivity index (χ4n) is 3.75. The first kappa shape index (κ1) is 23.7. The molecular formula is C19H24Cl3N3O4. The van der Waals surface area contributed by atoms with Gasteiger partial charge in [-0.2, -0.15) is 0 Å². The molecule has 0 atom stereocenters. The van der Waals surface area contributed by atoms with Crippen LogP contribution in [0.15, 0.2) is 12.1 Å². The molecule has 2 saturated heterocycles. The van der Waals surface area contributed by atoms with E-state index in [1.165, 1.54) is 7.11 Å². The molecule has 2 aliphatic heterocycles. The highest BCUT2D eigenvalue weighted by Crippen LogP contribution is 2.34. The topological polar surface area (TPSA) is 87.7 Å². The normalized spacial score (nSPS) is 18.2. The van der Waals surface area contributed by atoms with E-state index < -0.39 is 11.6 Å². The maximum absolute atomic E-state index is 12.6. The maximum Gasteiger partial charge on any atom is 0.322 e. The van der Waals surface area contributed by atoms with E-state index in [1.807, 2.05) is 0 Å². The lowest BCUT2D eigenvalue weighted by Gasteiger charge is -2.36. The van der Waals surface area contributed by atoms with Gasteiger partial charge >= 0.3 is 6.03 Å². The molecule has 3 amide bonds. The van der Waals surface area contributed by atoms with Crippen molar-refractivity contribution in [1.82, 2.24) is 15.5 Å². The molecule has 3 rings (SSSR count). The van der Waals surface area contributed by atoms with Crippen LogP contribution in [0.25, 0.3) is 0 Å². The third-order valence-corrected chi connectivity index (χ3v) is 6.21.